The number of hydrogen-bond acceptors (Lipinski definition) is 14. The standard InChI is InChI=1S/C26H22ClF3N2O3.C26H23F2NO4.C25H22ClNO3/c1-16(2)24(32-22-12-11-18(14-21(22)27)26(28,29)30)25(33)35-23(15-31)17-7-6-10-20(13-17)34-19-8-4-3-5-9-19;1-17(2)24(18-11-13-21(14-12-18)32-26(27)28)25(30)33-23(16-29)19-7-6-10-22(15-19)31-20-8-4-3-5-9-20;1-17(2)24(18-11-13-20(26)14-12-18)25(28)30-23(16-27)19-7-6-10-22(15-19)29-21-8-4-3-5-9-21/h3-14,16,23-24,32H,1-2H3;3-15,17,23-24,26H,1-2H3;3-15,17,23-24H,1-2H3/t;23?,24-;23-,24+/m.01/s1. The van der Waals surface area contributed by atoms with E-state index in [2.05, 4.69) is 16.1 Å². The van der Waals surface area contributed by atoms with Gasteiger partial charge in [-0.3, -0.25) is 9.59 Å². The fourth-order valence-corrected chi connectivity index (χ4v) is 10.1. The maximum absolute atomic E-state index is 13.0. The van der Waals surface area contributed by atoms with E-state index in [4.69, 9.17) is 51.6 Å². The van der Waals surface area contributed by atoms with Gasteiger partial charge in [0.25, 0.3) is 0 Å². The van der Waals surface area contributed by atoms with Gasteiger partial charge in [0.2, 0.25) is 18.3 Å². The average molecular weight is 1370 g/mol. The third-order valence-corrected chi connectivity index (χ3v) is 15.1. The van der Waals surface area contributed by atoms with Crippen molar-refractivity contribution in [1.29, 1.82) is 15.8 Å². The molecule has 0 spiro atoms. The van der Waals surface area contributed by atoms with Crippen LogP contribution in [0.2, 0.25) is 10.0 Å². The number of nitriles is 3. The van der Waals surface area contributed by atoms with Crippen molar-refractivity contribution in [2.45, 2.75) is 90.5 Å². The summed E-state index contributed by atoms with van der Waals surface area (Å²) in [6.45, 7) is 8.09. The Morgan fingerprint density at radius 1 is 0.408 bits per heavy atom. The highest BCUT2D eigenvalue weighted by Gasteiger charge is 2.34. The summed E-state index contributed by atoms with van der Waals surface area (Å²) in [5.74, 6) is -0.0292. The van der Waals surface area contributed by atoms with Crippen molar-refractivity contribution in [2.75, 3.05) is 5.32 Å². The smallest absolute Gasteiger partial charge is 0.416 e. The summed E-state index contributed by atoms with van der Waals surface area (Å²) in [4.78, 5) is 38.9. The summed E-state index contributed by atoms with van der Waals surface area (Å²) in [6.07, 6.45) is -7.95. The van der Waals surface area contributed by atoms with Crippen LogP contribution in [0.5, 0.6) is 40.2 Å². The minimum absolute atomic E-state index is 0.00486. The number of carbonyl (C=O) groups excluding carboxylic acids is 3. The van der Waals surface area contributed by atoms with Crippen molar-refractivity contribution in [3.05, 3.63) is 274 Å². The van der Waals surface area contributed by atoms with Gasteiger partial charge >= 0.3 is 30.7 Å². The Hall–Kier alpha value is -10.9. The van der Waals surface area contributed by atoms with Gasteiger partial charge in [-0.2, -0.15) is 37.7 Å². The molecule has 0 bridgehead atoms. The molecule has 0 radical (unpaired) electrons. The zero-order valence-electron chi connectivity index (χ0n) is 53.8. The molecule has 9 rings (SSSR count). The van der Waals surface area contributed by atoms with Gasteiger partial charge in [0.15, 0.2) is 0 Å². The second kappa shape index (κ2) is 36.3. The van der Waals surface area contributed by atoms with Crippen LogP contribution < -0.4 is 24.3 Å². The largest absolute Gasteiger partial charge is 0.457 e. The van der Waals surface area contributed by atoms with E-state index in [1.807, 2.05) is 119 Å². The Morgan fingerprint density at radius 2 is 0.765 bits per heavy atom. The van der Waals surface area contributed by atoms with Gasteiger partial charge in [0.1, 0.15) is 64.5 Å². The molecule has 0 aliphatic heterocycles. The number of anilines is 1. The van der Waals surface area contributed by atoms with Gasteiger partial charge in [0.05, 0.1) is 28.1 Å². The number of rotatable bonds is 24. The fourth-order valence-electron chi connectivity index (χ4n) is 9.76. The number of carbonyl (C=O) groups is 3. The van der Waals surface area contributed by atoms with Crippen LogP contribution in [-0.2, 0) is 34.8 Å². The van der Waals surface area contributed by atoms with Crippen LogP contribution in [0.15, 0.2) is 231 Å². The van der Waals surface area contributed by atoms with Crippen molar-refractivity contribution in [3.8, 4) is 58.5 Å². The highest BCUT2D eigenvalue weighted by Crippen LogP contribution is 2.37. The molecular formula is C77H67Cl2F5N4O10. The molecule has 98 heavy (non-hydrogen) atoms. The molecule has 6 atom stereocenters. The molecule has 504 valence electrons. The molecule has 0 saturated carbocycles. The summed E-state index contributed by atoms with van der Waals surface area (Å²) in [7, 11) is 0. The first kappa shape index (κ1) is 74.5. The molecule has 0 aliphatic rings. The van der Waals surface area contributed by atoms with Crippen molar-refractivity contribution in [3.63, 3.8) is 0 Å². The van der Waals surface area contributed by atoms with E-state index in [0.29, 0.717) is 61.8 Å². The number of esters is 3. The maximum atomic E-state index is 13.0. The van der Waals surface area contributed by atoms with E-state index in [1.54, 1.807) is 135 Å². The Labute approximate surface area is 575 Å². The van der Waals surface area contributed by atoms with Crippen LogP contribution in [0.4, 0.5) is 27.6 Å². The molecule has 9 aromatic rings. The average Bonchev–Trinajstić information content (AvgIpc) is 0.843. The van der Waals surface area contributed by atoms with Crippen LogP contribution in [-0.4, -0.2) is 30.6 Å². The van der Waals surface area contributed by atoms with Crippen molar-refractivity contribution in [1.82, 2.24) is 0 Å². The zero-order chi connectivity index (χ0) is 70.9. The monoisotopic (exact) mass is 1370 g/mol. The first-order valence-corrected chi connectivity index (χ1v) is 31.4. The first-order valence-electron chi connectivity index (χ1n) is 30.7. The molecule has 1 N–H and O–H groups in total. The summed E-state index contributed by atoms with van der Waals surface area (Å²) < 4.78 is 102. The summed E-state index contributed by atoms with van der Waals surface area (Å²) in [5, 5.41) is 32.2. The fraction of sp³-hybridized carbons (Fsp3) is 0.221. The molecule has 0 aliphatic carbocycles. The Kier molecular flexibility index (Phi) is 27.6. The van der Waals surface area contributed by atoms with E-state index >= 15 is 0 Å². The minimum atomic E-state index is -4.54. The minimum Gasteiger partial charge on any atom is -0.457 e. The van der Waals surface area contributed by atoms with Crippen molar-refractivity contribution < 1.29 is 69.5 Å². The lowest BCUT2D eigenvalue weighted by Gasteiger charge is -2.24. The molecule has 0 fully saturated rings. The molecule has 14 nitrogen and oxygen atoms in total. The zero-order valence-corrected chi connectivity index (χ0v) is 55.3. The third kappa shape index (κ3) is 22.3. The quantitative estimate of drug-likeness (QED) is 0.0340. The second-order valence-corrected chi connectivity index (χ2v) is 23.6. The lowest BCUT2D eigenvalue weighted by atomic mass is 9.88. The summed E-state index contributed by atoms with van der Waals surface area (Å²) in [6, 6.07) is 68.8. The Balaban J connectivity index is 0.000000208. The molecule has 0 saturated heterocycles. The van der Waals surface area contributed by atoms with Crippen molar-refractivity contribution in [2.24, 2.45) is 17.8 Å². The predicted molar refractivity (Wildman–Crippen MR) is 361 cm³/mol. The van der Waals surface area contributed by atoms with Crippen LogP contribution in [0.3, 0.4) is 0 Å². The Morgan fingerprint density at radius 3 is 1.09 bits per heavy atom. The number of ether oxygens (including phenoxy) is 7. The number of halogens is 7. The summed E-state index contributed by atoms with van der Waals surface area (Å²) in [5.41, 5.74) is 2.05. The molecular weight excluding hydrogens is 1310 g/mol. The van der Waals surface area contributed by atoms with Crippen LogP contribution in [0, 0.1) is 51.7 Å². The van der Waals surface area contributed by atoms with Gasteiger partial charge < -0.3 is 38.5 Å². The number of alkyl halides is 5. The third-order valence-electron chi connectivity index (χ3n) is 14.5. The normalized spacial score (nSPS) is 12.8. The molecule has 0 heterocycles. The number of nitrogens with zero attached hydrogens (tertiary/aromatic N) is 3. The van der Waals surface area contributed by atoms with E-state index in [-0.39, 0.29) is 34.2 Å². The predicted octanol–water partition coefficient (Wildman–Crippen LogP) is 20.7. The molecule has 3 unspecified atom stereocenters. The molecule has 0 aromatic heterocycles. The Bertz CT molecular complexity index is 4190. The van der Waals surface area contributed by atoms with Gasteiger partial charge in [-0.15, -0.1) is 0 Å². The van der Waals surface area contributed by atoms with Crippen LogP contribution in [0.1, 0.15) is 105 Å². The second-order valence-electron chi connectivity index (χ2n) is 22.8. The molecule has 21 heteroatoms. The number of nitrogens with one attached hydrogen (secondary N) is 1. The highest BCUT2D eigenvalue weighted by atomic mass is 35.5. The van der Waals surface area contributed by atoms with E-state index in [0.717, 1.165) is 23.8 Å². The van der Waals surface area contributed by atoms with Gasteiger partial charge in [-0.1, -0.05) is 180 Å². The van der Waals surface area contributed by atoms with Crippen molar-refractivity contribution >= 4 is 46.8 Å². The first-order chi connectivity index (χ1) is 46.9. The topological polar surface area (TPSA) is 199 Å². The van der Waals surface area contributed by atoms with Crippen LogP contribution in [0.25, 0.3) is 0 Å². The van der Waals surface area contributed by atoms with Gasteiger partial charge in [-0.05, 0) is 144 Å². The van der Waals surface area contributed by atoms with Gasteiger partial charge in [-0.25, -0.2) is 4.79 Å². The SMILES string of the molecule is CC(C)C(Nc1ccc(C(F)(F)F)cc1Cl)C(=O)OC(C#N)c1cccc(Oc2ccccc2)c1.CC(C)[C@H](C(=O)OC(C#N)c1cccc(Oc2ccccc2)c1)c1ccc(OC(F)F)cc1.CC(C)[C@H](C(=O)O[C@H](C#N)c1cccc(Oc2ccccc2)c1)c1ccc(Cl)cc1. The molecule has 9 aromatic carbocycles. The van der Waals surface area contributed by atoms with E-state index in [1.165, 1.54) is 12.1 Å². The van der Waals surface area contributed by atoms with Crippen LogP contribution >= 0.6 is 23.2 Å². The lowest BCUT2D eigenvalue weighted by Crippen LogP contribution is -2.36. The maximum Gasteiger partial charge on any atom is 0.416 e. The van der Waals surface area contributed by atoms with E-state index < -0.39 is 72.4 Å². The number of benzene rings is 9. The van der Waals surface area contributed by atoms with Gasteiger partial charge in [0, 0.05) is 21.7 Å². The lowest BCUT2D eigenvalue weighted by molar-refractivity contribution is -0.150. The number of hydrogen-bond donors (Lipinski definition) is 1. The number of para-hydroxylation sites is 3. The van der Waals surface area contributed by atoms with E-state index in [9.17, 15) is 52.1 Å². The molecule has 0 amide bonds. The summed E-state index contributed by atoms with van der Waals surface area (Å²) >= 11 is 12.0. The highest BCUT2D eigenvalue weighted by molar-refractivity contribution is 6.33.